The summed E-state index contributed by atoms with van der Waals surface area (Å²) in [5, 5.41) is 8.41. The van der Waals surface area contributed by atoms with E-state index in [-0.39, 0.29) is 30.9 Å². The van der Waals surface area contributed by atoms with Crippen molar-refractivity contribution in [2.75, 3.05) is 5.32 Å². The maximum Gasteiger partial charge on any atom is 0.408 e. The molecule has 0 saturated heterocycles. The molecule has 0 heterocycles. The molecule has 3 rings (SSSR count). The summed E-state index contributed by atoms with van der Waals surface area (Å²) in [5.74, 6) is -0.481. The van der Waals surface area contributed by atoms with E-state index in [0.29, 0.717) is 12.1 Å². The highest BCUT2D eigenvalue weighted by atomic mass is 16.5. The fourth-order valence-corrected chi connectivity index (χ4v) is 3.27. The van der Waals surface area contributed by atoms with Crippen LogP contribution in [0.1, 0.15) is 30.5 Å². The number of nitrogens with one attached hydrogen (secondary N) is 3. The zero-order valence-electron chi connectivity index (χ0n) is 20.0. The number of hydrogen-bond acceptors (Lipinski definition) is 4. The summed E-state index contributed by atoms with van der Waals surface area (Å²) in [5.41, 5.74) is 3.34. The molecule has 7 nitrogen and oxygen atoms in total. The van der Waals surface area contributed by atoms with Crippen molar-refractivity contribution >= 4 is 23.6 Å². The van der Waals surface area contributed by atoms with Crippen molar-refractivity contribution in [3.8, 4) is 0 Å². The number of benzene rings is 3. The summed E-state index contributed by atoms with van der Waals surface area (Å²) in [4.78, 5) is 37.2. The summed E-state index contributed by atoms with van der Waals surface area (Å²) >= 11 is 0. The Labute approximate surface area is 205 Å². The van der Waals surface area contributed by atoms with E-state index in [1.54, 1.807) is 12.1 Å². The number of carbonyl (C=O) groups is 3. The second-order valence-corrected chi connectivity index (χ2v) is 8.51. The first kappa shape index (κ1) is 25.5. The monoisotopic (exact) mass is 473 g/mol. The molecule has 3 aromatic carbocycles. The minimum absolute atomic E-state index is 0.0555. The SMILES string of the molecule is CC(C)C(=O)Nc1ccc(CNC(=O)C(Cc2ccccc2)NC(=O)OCc2ccccc2)cc1. The highest BCUT2D eigenvalue weighted by molar-refractivity contribution is 5.92. The van der Waals surface area contributed by atoms with Crippen molar-refractivity contribution < 1.29 is 19.1 Å². The van der Waals surface area contributed by atoms with E-state index in [2.05, 4.69) is 16.0 Å². The van der Waals surface area contributed by atoms with Crippen molar-refractivity contribution in [1.29, 1.82) is 0 Å². The minimum Gasteiger partial charge on any atom is -0.445 e. The van der Waals surface area contributed by atoms with Gasteiger partial charge in [-0.25, -0.2) is 4.79 Å². The van der Waals surface area contributed by atoms with E-state index in [4.69, 9.17) is 4.74 Å². The van der Waals surface area contributed by atoms with Gasteiger partial charge in [0.05, 0.1) is 0 Å². The highest BCUT2D eigenvalue weighted by Gasteiger charge is 2.22. The van der Waals surface area contributed by atoms with Gasteiger partial charge in [0.2, 0.25) is 11.8 Å². The summed E-state index contributed by atoms with van der Waals surface area (Å²) in [7, 11) is 0. The van der Waals surface area contributed by atoms with Crippen molar-refractivity contribution in [1.82, 2.24) is 10.6 Å². The van der Waals surface area contributed by atoms with Crippen LogP contribution < -0.4 is 16.0 Å². The Balaban J connectivity index is 1.58. The lowest BCUT2D eigenvalue weighted by atomic mass is 10.1. The first-order valence-electron chi connectivity index (χ1n) is 11.6. The zero-order valence-corrected chi connectivity index (χ0v) is 20.0. The van der Waals surface area contributed by atoms with Crippen LogP contribution in [0.15, 0.2) is 84.9 Å². The molecule has 0 aliphatic carbocycles. The molecule has 0 fully saturated rings. The Kier molecular flexibility index (Phi) is 9.42. The van der Waals surface area contributed by atoms with Crippen LogP contribution in [-0.4, -0.2) is 23.9 Å². The van der Waals surface area contributed by atoms with E-state index in [0.717, 1.165) is 16.7 Å². The van der Waals surface area contributed by atoms with Crippen molar-refractivity contribution in [2.24, 2.45) is 5.92 Å². The van der Waals surface area contributed by atoms with Crippen molar-refractivity contribution in [3.63, 3.8) is 0 Å². The van der Waals surface area contributed by atoms with Gasteiger partial charge in [0.25, 0.3) is 0 Å². The van der Waals surface area contributed by atoms with Gasteiger partial charge in [0, 0.05) is 24.6 Å². The van der Waals surface area contributed by atoms with Crippen LogP contribution in [0.5, 0.6) is 0 Å². The molecular formula is C28H31N3O4. The lowest BCUT2D eigenvalue weighted by Gasteiger charge is -2.19. The van der Waals surface area contributed by atoms with Gasteiger partial charge in [-0.15, -0.1) is 0 Å². The van der Waals surface area contributed by atoms with Crippen molar-refractivity contribution in [3.05, 3.63) is 102 Å². The van der Waals surface area contributed by atoms with Crippen LogP contribution in [0.25, 0.3) is 0 Å². The number of anilines is 1. The molecule has 1 unspecified atom stereocenters. The number of rotatable bonds is 10. The molecule has 0 radical (unpaired) electrons. The molecule has 0 spiro atoms. The van der Waals surface area contributed by atoms with E-state index >= 15 is 0 Å². The van der Waals surface area contributed by atoms with Gasteiger partial charge in [0.1, 0.15) is 12.6 Å². The van der Waals surface area contributed by atoms with Crippen LogP contribution in [-0.2, 0) is 33.9 Å². The van der Waals surface area contributed by atoms with Crippen molar-refractivity contribution in [2.45, 2.75) is 39.5 Å². The fraction of sp³-hybridized carbons (Fsp3) is 0.250. The quantitative estimate of drug-likeness (QED) is 0.406. The predicted octanol–water partition coefficient (Wildman–Crippen LogP) is 4.44. The summed E-state index contributed by atoms with van der Waals surface area (Å²) in [6.45, 7) is 4.06. The van der Waals surface area contributed by atoms with Crippen LogP contribution in [0.2, 0.25) is 0 Å². The standard InChI is InChI=1S/C28H31N3O4/c1-20(2)26(32)30-24-15-13-22(14-16-24)18-29-27(33)25(17-21-9-5-3-6-10-21)31-28(34)35-19-23-11-7-4-8-12-23/h3-16,20,25H,17-19H2,1-2H3,(H,29,33)(H,30,32)(H,31,34). The van der Waals surface area contributed by atoms with Gasteiger partial charge in [-0.2, -0.15) is 0 Å². The third-order valence-corrected chi connectivity index (χ3v) is 5.32. The molecule has 3 aromatic rings. The Morgan fingerprint density at radius 1 is 0.743 bits per heavy atom. The third-order valence-electron chi connectivity index (χ3n) is 5.32. The van der Waals surface area contributed by atoms with Gasteiger partial charge < -0.3 is 20.7 Å². The first-order valence-corrected chi connectivity index (χ1v) is 11.6. The smallest absolute Gasteiger partial charge is 0.408 e. The molecule has 0 saturated carbocycles. The van der Waals surface area contributed by atoms with E-state index in [9.17, 15) is 14.4 Å². The summed E-state index contributed by atoms with van der Waals surface area (Å²) in [6.07, 6.45) is -0.331. The minimum atomic E-state index is -0.801. The number of hydrogen-bond donors (Lipinski definition) is 3. The fourth-order valence-electron chi connectivity index (χ4n) is 3.27. The molecule has 7 heteroatoms. The molecule has 3 N–H and O–H groups in total. The number of ether oxygens (including phenoxy) is 1. The molecule has 0 bridgehead atoms. The molecule has 0 aliphatic heterocycles. The number of carbonyl (C=O) groups excluding carboxylic acids is 3. The van der Waals surface area contributed by atoms with E-state index in [1.165, 1.54) is 0 Å². The Morgan fingerprint density at radius 3 is 1.94 bits per heavy atom. The molecule has 35 heavy (non-hydrogen) atoms. The average Bonchev–Trinajstić information content (AvgIpc) is 2.87. The molecule has 0 aliphatic rings. The molecule has 0 aromatic heterocycles. The lowest BCUT2D eigenvalue weighted by Crippen LogP contribution is -2.48. The molecular weight excluding hydrogens is 442 g/mol. The largest absolute Gasteiger partial charge is 0.445 e. The Bertz CT molecular complexity index is 1100. The normalized spacial score (nSPS) is 11.4. The van der Waals surface area contributed by atoms with Gasteiger partial charge in [-0.3, -0.25) is 9.59 Å². The molecule has 3 amide bonds. The topological polar surface area (TPSA) is 96.5 Å². The van der Waals surface area contributed by atoms with E-state index < -0.39 is 12.1 Å². The zero-order chi connectivity index (χ0) is 25.0. The average molecular weight is 474 g/mol. The maximum absolute atomic E-state index is 13.0. The van der Waals surface area contributed by atoms with Crippen LogP contribution in [0.3, 0.4) is 0 Å². The maximum atomic E-state index is 13.0. The second kappa shape index (κ2) is 12.9. The van der Waals surface area contributed by atoms with Gasteiger partial charge in [0.15, 0.2) is 0 Å². The summed E-state index contributed by atoms with van der Waals surface area (Å²) < 4.78 is 5.31. The Hall–Kier alpha value is -4.13. The van der Waals surface area contributed by atoms with E-state index in [1.807, 2.05) is 86.6 Å². The molecule has 1 atom stereocenters. The first-order chi connectivity index (χ1) is 16.9. The predicted molar refractivity (Wildman–Crippen MR) is 135 cm³/mol. The van der Waals surface area contributed by atoms with Gasteiger partial charge in [-0.05, 0) is 28.8 Å². The number of amides is 3. The van der Waals surface area contributed by atoms with Crippen LogP contribution in [0.4, 0.5) is 10.5 Å². The summed E-state index contributed by atoms with van der Waals surface area (Å²) in [6, 6.07) is 25.3. The van der Waals surface area contributed by atoms with Crippen LogP contribution >= 0.6 is 0 Å². The van der Waals surface area contributed by atoms with Gasteiger partial charge in [-0.1, -0.05) is 86.6 Å². The molecule has 182 valence electrons. The third kappa shape index (κ3) is 8.62. The highest BCUT2D eigenvalue weighted by Crippen LogP contribution is 2.11. The van der Waals surface area contributed by atoms with Gasteiger partial charge >= 0.3 is 6.09 Å². The second-order valence-electron chi connectivity index (χ2n) is 8.51. The van der Waals surface area contributed by atoms with Crippen LogP contribution in [0, 0.1) is 5.92 Å². The lowest BCUT2D eigenvalue weighted by molar-refractivity contribution is -0.123. The number of alkyl carbamates (subject to hydrolysis) is 1. The Morgan fingerprint density at radius 2 is 1.34 bits per heavy atom.